The van der Waals surface area contributed by atoms with Gasteiger partial charge in [-0.1, -0.05) is 6.07 Å². The second-order valence-corrected chi connectivity index (χ2v) is 5.68. The summed E-state index contributed by atoms with van der Waals surface area (Å²) in [4.78, 5) is 8.59. The van der Waals surface area contributed by atoms with Gasteiger partial charge in [0.25, 0.3) is 0 Å². The number of hydrogen-bond acceptors (Lipinski definition) is 4. The molecule has 0 bridgehead atoms. The van der Waals surface area contributed by atoms with Crippen molar-refractivity contribution in [1.82, 2.24) is 15.6 Å². The summed E-state index contributed by atoms with van der Waals surface area (Å²) in [7, 11) is 1.77. The zero-order chi connectivity index (χ0) is 16.3. The molecule has 0 amide bonds. The van der Waals surface area contributed by atoms with Crippen molar-refractivity contribution in [2.24, 2.45) is 4.99 Å². The van der Waals surface area contributed by atoms with E-state index < -0.39 is 0 Å². The summed E-state index contributed by atoms with van der Waals surface area (Å²) in [6.07, 6.45) is 5.34. The molecule has 23 heavy (non-hydrogen) atoms. The van der Waals surface area contributed by atoms with Gasteiger partial charge in [0, 0.05) is 33.0 Å². The van der Waals surface area contributed by atoms with Crippen molar-refractivity contribution in [3.05, 3.63) is 29.6 Å². The van der Waals surface area contributed by atoms with Gasteiger partial charge in [-0.25, -0.2) is 0 Å². The molecule has 1 aromatic heterocycles. The molecular formula is C17H28N4O2. The van der Waals surface area contributed by atoms with E-state index in [0.29, 0.717) is 19.3 Å². The van der Waals surface area contributed by atoms with Crippen LogP contribution in [0.15, 0.2) is 23.3 Å². The van der Waals surface area contributed by atoms with Crippen LogP contribution in [0.3, 0.4) is 0 Å². The number of ether oxygens (including phenoxy) is 2. The molecule has 128 valence electrons. The summed E-state index contributed by atoms with van der Waals surface area (Å²) >= 11 is 0. The number of rotatable bonds is 8. The molecule has 2 N–H and O–H groups in total. The van der Waals surface area contributed by atoms with Gasteiger partial charge >= 0.3 is 0 Å². The molecule has 1 aliphatic rings. The zero-order valence-corrected chi connectivity index (χ0v) is 14.2. The highest BCUT2D eigenvalue weighted by Crippen LogP contribution is 2.11. The van der Waals surface area contributed by atoms with Crippen LogP contribution in [0.1, 0.15) is 30.5 Å². The molecule has 1 aliphatic heterocycles. The number of guanidine groups is 1. The van der Waals surface area contributed by atoms with E-state index in [0.717, 1.165) is 50.7 Å². The van der Waals surface area contributed by atoms with Gasteiger partial charge in [0.15, 0.2) is 5.96 Å². The van der Waals surface area contributed by atoms with Crippen LogP contribution >= 0.6 is 0 Å². The fourth-order valence-electron chi connectivity index (χ4n) is 2.46. The Morgan fingerprint density at radius 2 is 2.39 bits per heavy atom. The van der Waals surface area contributed by atoms with Gasteiger partial charge in [-0.2, -0.15) is 0 Å². The monoisotopic (exact) mass is 320 g/mol. The van der Waals surface area contributed by atoms with Crippen LogP contribution in [-0.4, -0.2) is 50.5 Å². The fourth-order valence-corrected chi connectivity index (χ4v) is 2.46. The Labute approximate surface area is 138 Å². The van der Waals surface area contributed by atoms with Gasteiger partial charge < -0.3 is 20.1 Å². The maximum atomic E-state index is 5.64. The molecule has 0 aromatic carbocycles. The molecule has 1 aromatic rings. The lowest BCUT2D eigenvalue weighted by Crippen LogP contribution is -2.38. The molecule has 0 radical (unpaired) electrons. The standard InChI is InChI=1S/C17H28N4O2/c1-14-6-3-8-19-16(14)12-21-17(18-2)20-9-5-10-22-13-15-7-4-11-23-15/h3,6,8,15H,4-5,7,9-13H2,1-2H3,(H2,18,20,21). The summed E-state index contributed by atoms with van der Waals surface area (Å²) in [6.45, 7) is 5.89. The minimum atomic E-state index is 0.305. The first-order valence-electron chi connectivity index (χ1n) is 8.34. The average Bonchev–Trinajstić information content (AvgIpc) is 3.08. The minimum absolute atomic E-state index is 0.305. The Morgan fingerprint density at radius 1 is 1.48 bits per heavy atom. The lowest BCUT2D eigenvalue weighted by molar-refractivity contribution is 0.0168. The van der Waals surface area contributed by atoms with Gasteiger partial charge in [-0.3, -0.25) is 9.98 Å². The maximum Gasteiger partial charge on any atom is 0.191 e. The van der Waals surface area contributed by atoms with E-state index in [9.17, 15) is 0 Å². The minimum Gasteiger partial charge on any atom is -0.379 e. The number of hydrogen-bond donors (Lipinski definition) is 2. The van der Waals surface area contributed by atoms with E-state index in [1.807, 2.05) is 12.3 Å². The van der Waals surface area contributed by atoms with E-state index in [2.05, 4.69) is 33.6 Å². The van der Waals surface area contributed by atoms with Crippen molar-refractivity contribution in [2.45, 2.75) is 38.8 Å². The third-order valence-corrected chi connectivity index (χ3v) is 3.85. The molecule has 1 saturated heterocycles. The predicted molar refractivity (Wildman–Crippen MR) is 91.6 cm³/mol. The van der Waals surface area contributed by atoms with Gasteiger partial charge in [-0.15, -0.1) is 0 Å². The summed E-state index contributed by atoms with van der Waals surface area (Å²) in [6, 6.07) is 4.01. The van der Waals surface area contributed by atoms with E-state index in [-0.39, 0.29) is 0 Å². The third-order valence-electron chi connectivity index (χ3n) is 3.85. The van der Waals surface area contributed by atoms with Crippen LogP contribution in [-0.2, 0) is 16.0 Å². The number of pyridine rings is 1. The summed E-state index contributed by atoms with van der Waals surface area (Å²) in [5.41, 5.74) is 2.22. The van der Waals surface area contributed by atoms with Crippen LogP contribution in [0.5, 0.6) is 0 Å². The molecule has 0 saturated carbocycles. The molecule has 6 heteroatoms. The number of nitrogens with one attached hydrogen (secondary N) is 2. The Kier molecular flexibility index (Phi) is 7.83. The fraction of sp³-hybridized carbons (Fsp3) is 0.647. The van der Waals surface area contributed by atoms with Crippen molar-refractivity contribution >= 4 is 5.96 Å². The highest BCUT2D eigenvalue weighted by molar-refractivity contribution is 5.79. The summed E-state index contributed by atoms with van der Waals surface area (Å²) < 4.78 is 11.2. The van der Waals surface area contributed by atoms with Crippen LogP contribution in [0.25, 0.3) is 0 Å². The molecule has 0 aliphatic carbocycles. The van der Waals surface area contributed by atoms with Crippen LogP contribution < -0.4 is 10.6 Å². The lowest BCUT2D eigenvalue weighted by Gasteiger charge is -2.13. The first-order chi connectivity index (χ1) is 11.3. The van der Waals surface area contributed by atoms with E-state index in [1.165, 1.54) is 5.56 Å². The van der Waals surface area contributed by atoms with E-state index in [1.54, 1.807) is 7.05 Å². The van der Waals surface area contributed by atoms with Crippen LogP contribution in [0, 0.1) is 6.92 Å². The van der Waals surface area contributed by atoms with Crippen molar-refractivity contribution in [1.29, 1.82) is 0 Å². The van der Waals surface area contributed by atoms with E-state index >= 15 is 0 Å². The number of aliphatic imine (C=N–C) groups is 1. The molecule has 1 atom stereocenters. The maximum absolute atomic E-state index is 5.64. The molecule has 0 spiro atoms. The van der Waals surface area contributed by atoms with Gasteiger partial charge in [0.2, 0.25) is 0 Å². The quantitative estimate of drug-likeness (QED) is 0.433. The van der Waals surface area contributed by atoms with Crippen molar-refractivity contribution in [3.63, 3.8) is 0 Å². The van der Waals surface area contributed by atoms with Crippen molar-refractivity contribution in [2.75, 3.05) is 33.4 Å². The largest absolute Gasteiger partial charge is 0.379 e. The summed E-state index contributed by atoms with van der Waals surface area (Å²) in [5, 5.41) is 6.57. The second kappa shape index (κ2) is 10.2. The predicted octanol–water partition coefficient (Wildman–Crippen LogP) is 1.64. The first kappa shape index (κ1) is 17.7. The SMILES string of the molecule is CN=C(NCCCOCC1CCCO1)NCc1ncccc1C. The Bertz CT molecular complexity index is 487. The number of nitrogens with zero attached hydrogens (tertiary/aromatic N) is 2. The Hall–Kier alpha value is -1.66. The van der Waals surface area contributed by atoms with E-state index in [4.69, 9.17) is 9.47 Å². The average molecular weight is 320 g/mol. The molecule has 6 nitrogen and oxygen atoms in total. The van der Waals surface area contributed by atoms with Gasteiger partial charge in [0.1, 0.15) is 0 Å². The van der Waals surface area contributed by atoms with Crippen LogP contribution in [0.4, 0.5) is 0 Å². The Morgan fingerprint density at radius 3 is 3.13 bits per heavy atom. The van der Waals surface area contributed by atoms with Crippen molar-refractivity contribution < 1.29 is 9.47 Å². The first-order valence-corrected chi connectivity index (χ1v) is 8.34. The second-order valence-electron chi connectivity index (χ2n) is 5.68. The highest BCUT2D eigenvalue weighted by Gasteiger charge is 2.14. The molecule has 2 heterocycles. The lowest BCUT2D eigenvalue weighted by atomic mass is 10.2. The third kappa shape index (κ3) is 6.54. The Balaban J connectivity index is 1.55. The smallest absolute Gasteiger partial charge is 0.191 e. The normalized spacial score (nSPS) is 18.2. The molecule has 2 rings (SSSR count). The number of aromatic nitrogens is 1. The topological polar surface area (TPSA) is 67.8 Å². The molecular weight excluding hydrogens is 292 g/mol. The molecule has 1 unspecified atom stereocenters. The number of aryl methyl sites for hydroxylation is 1. The highest BCUT2D eigenvalue weighted by atomic mass is 16.5. The summed E-state index contributed by atoms with van der Waals surface area (Å²) in [5.74, 6) is 0.786. The van der Waals surface area contributed by atoms with Gasteiger partial charge in [0.05, 0.1) is 24.9 Å². The van der Waals surface area contributed by atoms with Crippen LogP contribution in [0.2, 0.25) is 0 Å². The molecule has 1 fully saturated rings. The van der Waals surface area contributed by atoms with Crippen molar-refractivity contribution in [3.8, 4) is 0 Å². The zero-order valence-electron chi connectivity index (χ0n) is 14.2. The van der Waals surface area contributed by atoms with Gasteiger partial charge in [-0.05, 0) is 37.8 Å².